The summed E-state index contributed by atoms with van der Waals surface area (Å²) in [4.78, 5) is 19.5. The number of aliphatic hydroxyl groups excluding tert-OH is 2. The minimum Gasteiger partial charge on any atom is -0.481 e. The first kappa shape index (κ1) is 27.4. The third-order valence-corrected chi connectivity index (χ3v) is 2.18. The average Bonchev–Trinajstić information content (AvgIpc) is 2.33. The number of rotatable bonds is 8. The molecule has 0 aromatic rings. The van der Waals surface area contributed by atoms with E-state index in [0.29, 0.717) is 6.61 Å². The van der Waals surface area contributed by atoms with Crippen LogP contribution in [0.3, 0.4) is 0 Å². The standard InChI is InChI=1S/C6H14O3.2C4H8O2S/c1-5(8)4-9-6(2)3-7;2*1-3(7)2-4(5)6/h5-8H,3-4H2,1-2H3;2*3,7H,2H2,1H3,(H,5,6). The number of thiol groups is 2. The third kappa shape index (κ3) is 38.9. The minimum atomic E-state index is -0.789. The molecular formula is C14H30O7S2. The van der Waals surface area contributed by atoms with Crippen LogP contribution in [-0.2, 0) is 14.3 Å². The van der Waals surface area contributed by atoms with Gasteiger partial charge < -0.3 is 25.2 Å². The van der Waals surface area contributed by atoms with Crippen LogP contribution in [0.4, 0.5) is 0 Å². The molecule has 7 nitrogen and oxygen atoms in total. The lowest BCUT2D eigenvalue weighted by Gasteiger charge is -2.10. The number of carboxylic acids is 2. The number of ether oxygens (including phenoxy) is 1. The molecule has 0 heterocycles. The fourth-order valence-electron chi connectivity index (χ4n) is 0.862. The molecule has 0 spiro atoms. The van der Waals surface area contributed by atoms with Gasteiger partial charge in [0.15, 0.2) is 0 Å². The number of aliphatic carboxylic acids is 2. The van der Waals surface area contributed by atoms with E-state index in [4.69, 9.17) is 25.2 Å². The average molecular weight is 375 g/mol. The summed E-state index contributed by atoms with van der Waals surface area (Å²) in [5, 5.41) is 33.1. The highest BCUT2D eigenvalue weighted by atomic mass is 32.1. The van der Waals surface area contributed by atoms with E-state index in [1.165, 1.54) is 0 Å². The van der Waals surface area contributed by atoms with Gasteiger partial charge in [0.1, 0.15) is 0 Å². The van der Waals surface area contributed by atoms with Crippen LogP contribution in [-0.4, -0.2) is 68.3 Å². The summed E-state index contributed by atoms with van der Waals surface area (Å²) in [6.45, 7) is 7.19. The second-order valence-corrected chi connectivity index (χ2v) is 6.83. The van der Waals surface area contributed by atoms with Gasteiger partial charge in [-0.05, 0) is 13.8 Å². The van der Waals surface area contributed by atoms with Gasteiger partial charge in [-0.25, -0.2) is 0 Å². The van der Waals surface area contributed by atoms with Crippen molar-refractivity contribution in [2.75, 3.05) is 13.2 Å². The molecule has 0 aromatic carbocycles. The van der Waals surface area contributed by atoms with Crippen LogP contribution >= 0.6 is 25.3 Å². The molecule has 0 aromatic heterocycles. The smallest absolute Gasteiger partial charge is 0.304 e. The molecule has 0 saturated carbocycles. The zero-order valence-electron chi connectivity index (χ0n) is 14.0. The van der Waals surface area contributed by atoms with Crippen LogP contribution in [0.15, 0.2) is 0 Å². The van der Waals surface area contributed by atoms with Crippen molar-refractivity contribution in [1.29, 1.82) is 0 Å². The number of carboxylic acid groups (broad SMARTS) is 2. The Bertz CT molecular complexity index is 277. The summed E-state index contributed by atoms with van der Waals surface area (Å²) in [6, 6.07) is 0. The van der Waals surface area contributed by atoms with E-state index in [1.807, 2.05) is 0 Å². The van der Waals surface area contributed by atoms with E-state index in [2.05, 4.69) is 25.3 Å². The largest absolute Gasteiger partial charge is 0.481 e. The molecule has 0 aliphatic heterocycles. The Morgan fingerprint density at radius 1 is 0.957 bits per heavy atom. The maximum atomic E-state index is 9.76. The van der Waals surface area contributed by atoms with E-state index in [9.17, 15) is 9.59 Å². The first-order valence-corrected chi connectivity index (χ1v) is 8.15. The molecule has 4 unspecified atom stereocenters. The maximum Gasteiger partial charge on any atom is 0.304 e. The topological polar surface area (TPSA) is 124 Å². The van der Waals surface area contributed by atoms with E-state index < -0.39 is 18.0 Å². The highest BCUT2D eigenvalue weighted by Crippen LogP contribution is 1.97. The number of hydrogen-bond acceptors (Lipinski definition) is 7. The zero-order valence-corrected chi connectivity index (χ0v) is 15.8. The van der Waals surface area contributed by atoms with Gasteiger partial charge in [0, 0.05) is 10.5 Å². The Morgan fingerprint density at radius 3 is 1.43 bits per heavy atom. The second-order valence-electron chi connectivity index (χ2n) is 5.07. The van der Waals surface area contributed by atoms with E-state index in [1.54, 1.807) is 27.7 Å². The van der Waals surface area contributed by atoms with Gasteiger partial charge in [-0.1, -0.05) is 13.8 Å². The summed E-state index contributed by atoms with van der Waals surface area (Å²) in [6.07, 6.45) is -0.328. The number of carbonyl (C=O) groups is 2. The first-order chi connectivity index (χ1) is 10.4. The Kier molecular flexibility index (Phi) is 21.3. The summed E-state index contributed by atoms with van der Waals surface area (Å²) in [5.41, 5.74) is 0. The molecule has 140 valence electrons. The quantitative estimate of drug-likeness (QED) is 0.354. The SMILES string of the molecule is CC(O)COC(C)CO.CC(S)CC(=O)O.CC(S)CC(=O)O. The molecule has 0 saturated heterocycles. The number of hydrogen-bond donors (Lipinski definition) is 6. The normalized spacial score (nSPS) is 15.0. The van der Waals surface area contributed by atoms with Crippen molar-refractivity contribution in [3.63, 3.8) is 0 Å². The minimum absolute atomic E-state index is 0.00667. The van der Waals surface area contributed by atoms with E-state index in [-0.39, 0.29) is 36.1 Å². The van der Waals surface area contributed by atoms with Crippen LogP contribution in [0.25, 0.3) is 0 Å². The molecule has 23 heavy (non-hydrogen) atoms. The van der Waals surface area contributed by atoms with Crippen molar-refractivity contribution in [3.05, 3.63) is 0 Å². The molecule has 0 bridgehead atoms. The van der Waals surface area contributed by atoms with Gasteiger partial charge in [0.25, 0.3) is 0 Å². The van der Waals surface area contributed by atoms with Crippen LogP contribution in [0, 0.1) is 0 Å². The van der Waals surface area contributed by atoms with Crippen molar-refractivity contribution in [1.82, 2.24) is 0 Å². The Hall–Kier alpha value is -0.480. The van der Waals surface area contributed by atoms with Gasteiger partial charge in [-0.3, -0.25) is 9.59 Å². The van der Waals surface area contributed by atoms with E-state index in [0.717, 1.165) is 0 Å². The van der Waals surface area contributed by atoms with E-state index >= 15 is 0 Å². The summed E-state index contributed by atoms with van der Waals surface area (Å²) < 4.78 is 4.95. The molecule has 0 aliphatic carbocycles. The van der Waals surface area contributed by atoms with Crippen molar-refractivity contribution < 1.29 is 34.8 Å². The highest BCUT2D eigenvalue weighted by Gasteiger charge is 2.01. The van der Waals surface area contributed by atoms with Gasteiger partial charge in [-0.15, -0.1) is 0 Å². The number of aliphatic hydroxyl groups is 2. The lowest BCUT2D eigenvalue weighted by Crippen LogP contribution is -2.19. The maximum absolute atomic E-state index is 9.76. The van der Waals surface area contributed by atoms with Crippen molar-refractivity contribution in [3.8, 4) is 0 Å². The second kappa shape index (κ2) is 17.9. The lowest BCUT2D eigenvalue weighted by molar-refractivity contribution is -0.137. The fourth-order valence-corrected chi connectivity index (χ4v) is 1.17. The van der Waals surface area contributed by atoms with Crippen molar-refractivity contribution in [2.24, 2.45) is 0 Å². The van der Waals surface area contributed by atoms with Crippen LogP contribution in [0.2, 0.25) is 0 Å². The van der Waals surface area contributed by atoms with Crippen molar-refractivity contribution in [2.45, 2.75) is 63.2 Å². The fraction of sp³-hybridized carbons (Fsp3) is 0.857. The predicted octanol–water partition coefficient (Wildman–Crippen LogP) is 1.32. The monoisotopic (exact) mass is 374 g/mol. The molecule has 0 amide bonds. The molecule has 9 heteroatoms. The van der Waals surface area contributed by atoms with Gasteiger partial charge in [0.05, 0.1) is 38.3 Å². The summed E-state index contributed by atoms with van der Waals surface area (Å²) in [7, 11) is 0. The highest BCUT2D eigenvalue weighted by molar-refractivity contribution is 7.81. The molecule has 0 aliphatic rings. The molecule has 0 fully saturated rings. The Labute approximate surface area is 148 Å². The Balaban J connectivity index is -0.000000264. The predicted molar refractivity (Wildman–Crippen MR) is 95.6 cm³/mol. The molecule has 0 radical (unpaired) electrons. The molecule has 4 N–H and O–H groups in total. The molecule has 4 atom stereocenters. The third-order valence-electron chi connectivity index (χ3n) is 1.82. The van der Waals surface area contributed by atoms with Crippen LogP contribution in [0.1, 0.15) is 40.5 Å². The van der Waals surface area contributed by atoms with Gasteiger partial charge in [-0.2, -0.15) is 25.3 Å². The van der Waals surface area contributed by atoms with Gasteiger partial charge in [0.2, 0.25) is 0 Å². The van der Waals surface area contributed by atoms with Crippen molar-refractivity contribution >= 4 is 37.2 Å². The van der Waals surface area contributed by atoms with Crippen LogP contribution < -0.4 is 0 Å². The molecule has 0 rings (SSSR count). The summed E-state index contributed by atoms with van der Waals surface area (Å²) in [5.74, 6) is -1.58. The molecular weight excluding hydrogens is 344 g/mol. The zero-order chi connectivity index (χ0) is 19.0. The Morgan fingerprint density at radius 2 is 1.30 bits per heavy atom. The first-order valence-electron chi connectivity index (χ1n) is 7.12. The van der Waals surface area contributed by atoms with Crippen LogP contribution in [0.5, 0.6) is 0 Å². The lowest BCUT2D eigenvalue weighted by atomic mass is 10.3. The summed E-state index contributed by atoms with van der Waals surface area (Å²) >= 11 is 7.71. The van der Waals surface area contributed by atoms with Gasteiger partial charge >= 0.3 is 11.9 Å².